The van der Waals surface area contributed by atoms with E-state index in [0.29, 0.717) is 22.9 Å². The zero-order valence-electron chi connectivity index (χ0n) is 11.2. The van der Waals surface area contributed by atoms with Gasteiger partial charge in [-0.25, -0.2) is 0 Å². The normalized spacial score (nSPS) is 10.7. The van der Waals surface area contributed by atoms with Crippen LogP contribution in [0.15, 0.2) is 54.6 Å². The Labute approximate surface area is 123 Å². The van der Waals surface area contributed by atoms with Crippen LogP contribution in [0.3, 0.4) is 0 Å². The number of Topliss-reactive ketones (excluding diaryl/α,β-unsaturated/α-hetero) is 1. The third-order valence-corrected chi connectivity index (χ3v) is 3.09. The first-order valence-electron chi connectivity index (χ1n) is 6.31. The van der Waals surface area contributed by atoms with Crippen molar-refractivity contribution >= 4 is 23.5 Å². The Morgan fingerprint density at radius 3 is 2.60 bits per heavy atom. The number of halogens is 1. The smallest absolute Gasteiger partial charge is 0.161 e. The Morgan fingerprint density at radius 2 is 1.95 bits per heavy atom. The number of carbonyl (C=O) groups excluding carboxylic acids is 1. The van der Waals surface area contributed by atoms with Crippen LogP contribution in [-0.2, 0) is 0 Å². The predicted molar refractivity (Wildman–Crippen MR) is 82.4 cm³/mol. The lowest BCUT2D eigenvalue weighted by atomic mass is 10.1. The van der Waals surface area contributed by atoms with Crippen LogP contribution in [-0.4, -0.2) is 12.4 Å². The largest absolute Gasteiger partial charge is 0.489 e. The first-order chi connectivity index (χ1) is 9.66. The van der Waals surface area contributed by atoms with Crippen molar-refractivity contribution < 1.29 is 9.53 Å². The van der Waals surface area contributed by atoms with E-state index in [-0.39, 0.29) is 5.78 Å². The second-order valence-corrected chi connectivity index (χ2v) is 4.73. The Bertz CT molecular complexity index is 618. The van der Waals surface area contributed by atoms with E-state index in [1.165, 1.54) is 6.92 Å². The molecule has 0 bridgehead atoms. The number of ether oxygens (including phenoxy) is 1. The second kappa shape index (κ2) is 6.92. The van der Waals surface area contributed by atoms with Gasteiger partial charge in [-0.3, -0.25) is 4.79 Å². The summed E-state index contributed by atoms with van der Waals surface area (Å²) in [5.74, 6) is 0.600. The average molecular weight is 287 g/mol. The molecule has 0 aliphatic rings. The molecule has 2 aromatic rings. The van der Waals surface area contributed by atoms with Crippen molar-refractivity contribution in [1.82, 2.24) is 0 Å². The Balaban J connectivity index is 1.93. The highest BCUT2D eigenvalue weighted by molar-refractivity contribution is 6.34. The summed E-state index contributed by atoms with van der Waals surface area (Å²) in [6, 6.07) is 15.1. The third kappa shape index (κ3) is 3.97. The van der Waals surface area contributed by atoms with Crippen molar-refractivity contribution in [2.75, 3.05) is 6.61 Å². The van der Waals surface area contributed by atoms with Gasteiger partial charge < -0.3 is 4.74 Å². The minimum Gasteiger partial charge on any atom is -0.489 e. The van der Waals surface area contributed by atoms with E-state index in [9.17, 15) is 4.79 Å². The van der Waals surface area contributed by atoms with E-state index in [2.05, 4.69) is 0 Å². The molecule has 0 aliphatic carbocycles. The van der Waals surface area contributed by atoms with E-state index >= 15 is 0 Å². The molecule has 20 heavy (non-hydrogen) atoms. The molecule has 0 radical (unpaired) electrons. The van der Waals surface area contributed by atoms with Crippen molar-refractivity contribution in [3.8, 4) is 5.75 Å². The molecular weight excluding hydrogens is 272 g/mol. The highest BCUT2D eigenvalue weighted by atomic mass is 35.5. The Kier molecular flexibility index (Phi) is 4.97. The summed E-state index contributed by atoms with van der Waals surface area (Å²) in [5, 5.41) is 0.419. The lowest BCUT2D eigenvalue weighted by Crippen LogP contribution is -1.96. The van der Waals surface area contributed by atoms with Gasteiger partial charge in [0.2, 0.25) is 0 Å². The molecular formula is C17H15ClO2. The van der Waals surface area contributed by atoms with Gasteiger partial charge in [0.05, 0.1) is 5.02 Å². The fraction of sp³-hybridized carbons (Fsp3) is 0.118. The number of ketones is 1. The van der Waals surface area contributed by atoms with Crippen LogP contribution in [0, 0.1) is 0 Å². The molecule has 2 rings (SSSR count). The highest BCUT2D eigenvalue weighted by Crippen LogP contribution is 2.23. The van der Waals surface area contributed by atoms with Crippen LogP contribution in [0.5, 0.6) is 5.75 Å². The first-order valence-corrected chi connectivity index (χ1v) is 6.69. The summed E-state index contributed by atoms with van der Waals surface area (Å²) in [7, 11) is 0. The molecule has 0 saturated carbocycles. The fourth-order valence-electron chi connectivity index (χ4n) is 1.76. The van der Waals surface area contributed by atoms with Gasteiger partial charge >= 0.3 is 0 Å². The fourth-order valence-corrected chi connectivity index (χ4v) is 2.07. The summed E-state index contributed by atoms with van der Waals surface area (Å²) in [6.45, 7) is 1.94. The lowest BCUT2D eigenvalue weighted by Gasteiger charge is -2.05. The molecule has 3 heteroatoms. The molecule has 0 spiro atoms. The summed E-state index contributed by atoms with van der Waals surface area (Å²) in [6.07, 6.45) is 3.92. The molecule has 0 saturated heterocycles. The molecule has 2 aromatic carbocycles. The van der Waals surface area contributed by atoms with Crippen LogP contribution in [0.1, 0.15) is 22.8 Å². The van der Waals surface area contributed by atoms with E-state index in [0.717, 1.165) is 5.56 Å². The molecule has 0 unspecified atom stereocenters. The molecule has 0 N–H and O–H groups in total. The van der Waals surface area contributed by atoms with Crippen molar-refractivity contribution in [2.24, 2.45) is 0 Å². The Hall–Kier alpha value is -2.06. The van der Waals surface area contributed by atoms with Gasteiger partial charge in [0, 0.05) is 5.56 Å². The van der Waals surface area contributed by atoms with Crippen LogP contribution in [0.4, 0.5) is 0 Å². The average Bonchev–Trinajstić information content (AvgIpc) is 2.44. The van der Waals surface area contributed by atoms with Gasteiger partial charge in [-0.05, 0) is 36.8 Å². The van der Waals surface area contributed by atoms with Crippen LogP contribution in [0.2, 0.25) is 5.02 Å². The second-order valence-electron chi connectivity index (χ2n) is 4.32. The van der Waals surface area contributed by atoms with Gasteiger partial charge in [-0.2, -0.15) is 0 Å². The number of carbonyl (C=O) groups is 1. The van der Waals surface area contributed by atoms with Gasteiger partial charge in [0.1, 0.15) is 12.4 Å². The minimum absolute atomic E-state index is 0.0504. The molecule has 0 fully saturated rings. The summed E-state index contributed by atoms with van der Waals surface area (Å²) in [4.78, 5) is 11.3. The third-order valence-electron chi connectivity index (χ3n) is 2.78. The van der Waals surface area contributed by atoms with Crippen molar-refractivity contribution in [3.63, 3.8) is 0 Å². The van der Waals surface area contributed by atoms with Crippen LogP contribution >= 0.6 is 11.6 Å². The van der Waals surface area contributed by atoms with E-state index in [1.807, 2.05) is 42.5 Å². The zero-order chi connectivity index (χ0) is 14.4. The van der Waals surface area contributed by atoms with Crippen LogP contribution < -0.4 is 4.74 Å². The van der Waals surface area contributed by atoms with Crippen molar-refractivity contribution in [2.45, 2.75) is 6.92 Å². The summed E-state index contributed by atoms with van der Waals surface area (Å²) >= 11 is 6.01. The summed E-state index contributed by atoms with van der Waals surface area (Å²) < 4.78 is 5.56. The number of hydrogen-bond acceptors (Lipinski definition) is 2. The van der Waals surface area contributed by atoms with Gasteiger partial charge in [-0.1, -0.05) is 48.0 Å². The molecule has 0 heterocycles. The monoisotopic (exact) mass is 286 g/mol. The molecule has 2 nitrogen and oxygen atoms in total. The maximum atomic E-state index is 11.3. The molecule has 102 valence electrons. The molecule has 0 aromatic heterocycles. The maximum Gasteiger partial charge on any atom is 0.161 e. The molecule has 0 atom stereocenters. The number of rotatable bonds is 5. The van der Waals surface area contributed by atoms with E-state index < -0.39 is 0 Å². The SMILES string of the molecule is CC(=O)c1ccc(OCC=Cc2ccccc2)cc1Cl. The highest BCUT2D eigenvalue weighted by Gasteiger charge is 2.06. The first kappa shape index (κ1) is 14.4. The van der Waals surface area contributed by atoms with E-state index in [4.69, 9.17) is 16.3 Å². The van der Waals surface area contributed by atoms with Crippen LogP contribution in [0.25, 0.3) is 6.08 Å². The van der Waals surface area contributed by atoms with Crippen molar-refractivity contribution in [1.29, 1.82) is 0 Å². The Morgan fingerprint density at radius 1 is 1.20 bits per heavy atom. The molecule has 0 aliphatic heterocycles. The van der Waals surface area contributed by atoms with Gasteiger partial charge in [0.25, 0.3) is 0 Å². The standard InChI is InChI=1S/C17H15ClO2/c1-13(19)16-10-9-15(12-17(16)18)20-11-5-8-14-6-3-2-4-7-14/h2-10,12H,11H2,1H3. The molecule has 0 amide bonds. The van der Waals surface area contributed by atoms with E-state index in [1.54, 1.807) is 18.2 Å². The maximum absolute atomic E-state index is 11.3. The lowest BCUT2D eigenvalue weighted by molar-refractivity contribution is 0.101. The van der Waals surface area contributed by atoms with Crippen molar-refractivity contribution in [3.05, 3.63) is 70.8 Å². The minimum atomic E-state index is -0.0504. The summed E-state index contributed by atoms with van der Waals surface area (Å²) in [5.41, 5.74) is 1.64. The quantitative estimate of drug-likeness (QED) is 0.749. The number of benzene rings is 2. The predicted octanol–water partition coefficient (Wildman–Crippen LogP) is 4.63. The topological polar surface area (TPSA) is 26.3 Å². The zero-order valence-corrected chi connectivity index (χ0v) is 11.9. The van der Waals surface area contributed by atoms with Gasteiger partial charge in [0.15, 0.2) is 5.78 Å². The van der Waals surface area contributed by atoms with Gasteiger partial charge in [-0.15, -0.1) is 0 Å². The number of hydrogen-bond donors (Lipinski definition) is 0.